The molecule has 4 heterocycles. The highest BCUT2D eigenvalue weighted by Crippen LogP contribution is 2.29. The summed E-state index contributed by atoms with van der Waals surface area (Å²) in [5.41, 5.74) is 0.589. The second-order valence-corrected chi connectivity index (χ2v) is 7.37. The number of carbonyl (C=O) groups excluding carboxylic acids is 1. The van der Waals surface area contributed by atoms with Crippen LogP contribution in [-0.2, 0) is 0 Å². The van der Waals surface area contributed by atoms with Crippen LogP contribution in [0.5, 0.6) is 5.75 Å². The van der Waals surface area contributed by atoms with Crippen molar-refractivity contribution in [1.29, 1.82) is 0 Å². The molecule has 0 unspecified atom stereocenters. The number of anilines is 3. The number of nitrogens with zero attached hydrogens (tertiary/aromatic N) is 5. The number of furan rings is 1. The van der Waals surface area contributed by atoms with Crippen molar-refractivity contribution in [3.63, 3.8) is 0 Å². The van der Waals surface area contributed by atoms with Crippen molar-refractivity contribution in [3.8, 4) is 5.75 Å². The molecule has 0 spiro atoms. The third-order valence-corrected chi connectivity index (χ3v) is 5.40. The van der Waals surface area contributed by atoms with Gasteiger partial charge in [-0.1, -0.05) is 18.2 Å². The van der Waals surface area contributed by atoms with E-state index in [1.807, 2.05) is 42.5 Å². The zero-order valence-electron chi connectivity index (χ0n) is 17.6. The van der Waals surface area contributed by atoms with E-state index in [1.54, 1.807) is 24.3 Å². The highest BCUT2D eigenvalue weighted by atomic mass is 16.5. The molecule has 0 radical (unpaired) electrons. The molecule has 1 amide bonds. The van der Waals surface area contributed by atoms with Gasteiger partial charge in [-0.15, -0.1) is 0 Å². The summed E-state index contributed by atoms with van der Waals surface area (Å²) in [5, 5.41) is 4.03. The molecule has 0 aliphatic carbocycles. The predicted molar refractivity (Wildman–Crippen MR) is 120 cm³/mol. The molecule has 1 saturated heterocycles. The minimum absolute atomic E-state index is 0.122. The molecule has 0 saturated carbocycles. The standard InChI is InChI=1S/C23H22N6O3/c1-31-17-6-4-5-16-13-18(32-22(16)17)23(30)29-11-9-28(10-12-29)21-14-20(25-15-26-21)27-19-7-2-3-8-24-19/h2-8,13-15H,9-12H2,1H3,(H,24,25,26,27). The minimum Gasteiger partial charge on any atom is -0.493 e. The summed E-state index contributed by atoms with van der Waals surface area (Å²) < 4.78 is 11.2. The maximum atomic E-state index is 13.0. The molecule has 1 aromatic carbocycles. The first-order valence-electron chi connectivity index (χ1n) is 10.3. The number of ether oxygens (including phenoxy) is 1. The van der Waals surface area contributed by atoms with Crippen LogP contribution in [0.1, 0.15) is 10.6 Å². The van der Waals surface area contributed by atoms with Gasteiger partial charge in [0.15, 0.2) is 17.1 Å². The Hall–Kier alpha value is -4.14. The van der Waals surface area contributed by atoms with Crippen LogP contribution in [0.25, 0.3) is 11.0 Å². The van der Waals surface area contributed by atoms with Crippen molar-refractivity contribution >= 4 is 34.3 Å². The fourth-order valence-corrected chi connectivity index (χ4v) is 3.75. The summed E-state index contributed by atoms with van der Waals surface area (Å²) in [4.78, 5) is 29.9. The number of pyridine rings is 1. The second kappa shape index (κ2) is 8.54. The number of fused-ring (bicyclic) bond motifs is 1. The Kier molecular flexibility index (Phi) is 5.29. The number of para-hydroxylation sites is 1. The second-order valence-electron chi connectivity index (χ2n) is 7.37. The van der Waals surface area contributed by atoms with Gasteiger partial charge < -0.3 is 24.3 Å². The summed E-state index contributed by atoms with van der Waals surface area (Å²) in [6.45, 7) is 2.46. The molecule has 9 heteroatoms. The van der Waals surface area contributed by atoms with Crippen LogP contribution < -0.4 is 15.0 Å². The van der Waals surface area contributed by atoms with Crippen LogP contribution in [-0.4, -0.2) is 59.0 Å². The molecule has 4 aromatic rings. The van der Waals surface area contributed by atoms with Crippen LogP contribution in [0.15, 0.2) is 65.5 Å². The maximum absolute atomic E-state index is 13.0. The molecule has 3 aromatic heterocycles. The number of aromatic nitrogens is 3. The van der Waals surface area contributed by atoms with E-state index < -0.39 is 0 Å². The molecule has 0 atom stereocenters. The van der Waals surface area contributed by atoms with E-state index in [-0.39, 0.29) is 5.91 Å². The number of hydrogen-bond acceptors (Lipinski definition) is 8. The summed E-state index contributed by atoms with van der Waals surface area (Å²) in [6, 6.07) is 14.9. The first-order chi connectivity index (χ1) is 15.7. The van der Waals surface area contributed by atoms with Gasteiger partial charge in [0.2, 0.25) is 0 Å². The molecule has 1 fully saturated rings. The van der Waals surface area contributed by atoms with Gasteiger partial charge in [-0.25, -0.2) is 15.0 Å². The van der Waals surface area contributed by atoms with Crippen molar-refractivity contribution in [2.24, 2.45) is 0 Å². The van der Waals surface area contributed by atoms with Gasteiger partial charge >= 0.3 is 0 Å². The van der Waals surface area contributed by atoms with E-state index in [1.165, 1.54) is 6.33 Å². The van der Waals surface area contributed by atoms with E-state index >= 15 is 0 Å². The van der Waals surface area contributed by atoms with Gasteiger partial charge in [0.1, 0.15) is 23.8 Å². The molecule has 1 aliphatic rings. The zero-order valence-corrected chi connectivity index (χ0v) is 17.6. The fourth-order valence-electron chi connectivity index (χ4n) is 3.75. The smallest absolute Gasteiger partial charge is 0.289 e. The summed E-state index contributed by atoms with van der Waals surface area (Å²) in [6.07, 6.45) is 3.25. The van der Waals surface area contributed by atoms with Gasteiger partial charge in [-0.05, 0) is 24.3 Å². The maximum Gasteiger partial charge on any atom is 0.289 e. The Morgan fingerprint density at radius 2 is 1.88 bits per heavy atom. The van der Waals surface area contributed by atoms with E-state index in [2.05, 4.69) is 25.2 Å². The van der Waals surface area contributed by atoms with Gasteiger partial charge in [0.25, 0.3) is 5.91 Å². The highest BCUT2D eigenvalue weighted by Gasteiger charge is 2.26. The number of nitrogens with one attached hydrogen (secondary N) is 1. The summed E-state index contributed by atoms with van der Waals surface area (Å²) in [7, 11) is 1.59. The topological polar surface area (TPSA) is 96.6 Å². The number of methoxy groups -OCH3 is 1. The molecular formula is C23H22N6O3. The Balaban J connectivity index is 1.25. The third-order valence-electron chi connectivity index (χ3n) is 5.40. The largest absolute Gasteiger partial charge is 0.493 e. The molecule has 9 nitrogen and oxygen atoms in total. The van der Waals surface area contributed by atoms with Crippen LogP contribution >= 0.6 is 0 Å². The Bertz CT molecular complexity index is 1230. The first kappa shape index (κ1) is 19.8. The van der Waals surface area contributed by atoms with Gasteiger partial charge in [-0.2, -0.15) is 0 Å². The molecule has 1 aliphatic heterocycles. The molecular weight excluding hydrogens is 408 g/mol. The van der Waals surface area contributed by atoms with Crippen LogP contribution in [0.3, 0.4) is 0 Å². The Morgan fingerprint density at radius 3 is 2.66 bits per heavy atom. The fraction of sp³-hybridized carbons (Fsp3) is 0.217. The van der Waals surface area contributed by atoms with Crippen LogP contribution in [0.4, 0.5) is 17.5 Å². The van der Waals surface area contributed by atoms with E-state index in [0.717, 1.165) is 17.0 Å². The van der Waals surface area contributed by atoms with Crippen LogP contribution in [0.2, 0.25) is 0 Å². The lowest BCUT2D eigenvalue weighted by atomic mass is 10.2. The molecule has 162 valence electrons. The quantitative estimate of drug-likeness (QED) is 0.515. The summed E-state index contributed by atoms with van der Waals surface area (Å²) >= 11 is 0. The number of rotatable bonds is 5. The lowest BCUT2D eigenvalue weighted by molar-refractivity contribution is 0.0716. The number of piperazine rings is 1. The van der Waals surface area contributed by atoms with Crippen LogP contribution in [0, 0.1) is 0 Å². The Labute approximate surface area is 184 Å². The minimum atomic E-state index is -0.122. The lowest BCUT2D eigenvalue weighted by Crippen LogP contribution is -2.49. The van der Waals surface area contributed by atoms with Crippen molar-refractivity contribution < 1.29 is 13.9 Å². The summed E-state index contributed by atoms with van der Waals surface area (Å²) in [5.74, 6) is 3.01. The van der Waals surface area contributed by atoms with Crippen molar-refractivity contribution in [3.05, 3.63) is 66.8 Å². The molecule has 32 heavy (non-hydrogen) atoms. The van der Waals surface area contributed by atoms with Crippen molar-refractivity contribution in [2.45, 2.75) is 0 Å². The molecule has 1 N–H and O–H groups in total. The van der Waals surface area contributed by atoms with Gasteiger partial charge in [0.05, 0.1) is 7.11 Å². The predicted octanol–water partition coefficient (Wildman–Crippen LogP) is 3.33. The lowest BCUT2D eigenvalue weighted by Gasteiger charge is -2.35. The molecule has 5 rings (SSSR count). The number of carbonyl (C=O) groups is 1. The molecule has 0 bridgehead atoms. The van der Waals surface area contributed by atoms with Gasteiger partial charge in [0, 0.05) is 43.8 Å². The zero-order chi connectivity index (χ0) is 21.9. The van der Waals surface area contributed by atoms with Crippen molar-refractivity contribution in [1.82, 2.24) is 19.9 Å². The monoisotopic (exact) mass is 430 g/mol. The highest BCUT2D eigenvalue weighted by molar-refractivity contribution is 5.97. The Morgan fingerprint density at radius 1 is 1.00 bits per heavy atom. The normalized spacial score (nSPS) is 13.9. The number of benzene rings is 1. The van der Waals surface area contributed by atoms with E-state index in [4.69, 9.17) is 9.15 Å². The van der Waals surface area contributed by atoms with E-state index in [9.17, 15) is 4.79 Å². The third kappa shape index (κ3) is 3.92. The SMILES string of the molecule is COc1cccc2cc(C(=O)N3CCN(c4cc(Nc5ccccn5)ncn4)CC3)oc12. The number of amides is 1. The average Bonchev–Trinajstić information content (AvgIpc) is 3.29. The average molecular weight is 430 g/mol. The first-order valence-corrected chi connectivity index (χ1v) is 10.3. The number of hydrogen-bond donors (Lipinski definition) is 1. The van der Waals surface area contributed by atoms with Gasteiger partial charge in [-0.3, -0.25) is 4.79 Å². The van der Waals surface area contributed by atoms with Crippen molar-refractivity contribution in [2.75, 3.05) is 43.5 Å². The van der Waals surface area contributed by atoms with E-state index in [0.29, 0.717) is 49.1 Å².